The summed E-state index contributed by atoms with van der Waals surface area (Å²) in [5, 5.41) is 18.1. The van der Waals surface area contributed by atoms with Gasteiger partial charge in [0.25, 0.3) is 5.69 Å². The molecule has 2 aromatic carbocycles. The number of aromatic nitrogens is 2. The first-order valence-electron chi connectivity index (χ1n) is 8.82. The summed E-state index contributed by atoms with van der Waals surface area (Å²) in [6, 6.07) is 9.93. The molecule has 0 spiro atoms. The van der Waals surface area contributed by atoms with Gasteiger partial charge in [-0.15, -0.1) is 0 Å². The summed E-state index contributed by atoms with van der Waals surface area (Å²) >= 11 is 3.30. The molecule has 1 amide bonds. The molecule has 0 unspecified atom stereocenters. The number of hydrogen-bond donors (Lipinski definition) is 1. The normalized spacial score (nSPS) is 10.6. The van der Waals surface area contributed by atoms with Crippen molar-refractivity contribution in [1.29, 1.82) is 0 Å². The first-order chi connectivity index (χ1) is 13.8. The van der Waals surface area contributed by atoms with Crippen LogP contribution in [0.5, 0.6) is 11.5 Å². The summed E-state index contributed by atoms with van der Waals surface area (Å²) in [6.45, 7) is 4.21. The van der Waals surface area contributed by atoms with Crippen molar-refractivity contribution in [2.45, 2.75) is 26.8 Å². The number of nitrogens with zero attached hydrogens (tertiary/aromatic N) is 3. The lowest BCUT2D eigenvalue weighted by atomic mass is 10.1. The Morgan fingerprint density at radius 2 is 2.07 bits per heavy atom. The Labute approximate surface area is 175 Å². The van der Waals surface area contributed by atoms with Crippen molar-refractivity contribution in [2.24, 2.45) is 0 Å². The first-order valence-corrected chi connectivity index (χ1v) is 9.62. The third-order valence-corrected chi connectivity index (χ3v) is 4.54. The molecule has 0 fully saturated rings. The number of nitrogens with one attached hydrogen (secondary N) is 1. The minimum atomic E-state index is -0.521. The number of carbonyl (C=O) groups is 1. The minimum Gasteiger partial charge on any atom is -0.457 e. The molecule has 0 aliphatic carbocycles. The molecule has 29 heavy (non-hydrogen) atoms. The van der Waals surface area contributed by atoms with Crippen LogP contribution in [0.15, 0.2) is 53.3 Å². The smallest absolute Gasteiger partial charge is 0.275 e. The minimum absolute atomic E-state index is 0.167. The Morgan fingerprint density at radius 3 is 2.76 bits per heavy atom. The highest BCUT2D eigenvalue weighted by atomic mass is 79.9. The number of anilines is 1. The van der Waals surface area contributed by atoms with Crippen molar-refractivity contribution in [3.05, 3.63) is 74.5 Å². The Morgan fingerprint density at radius 1 is 1.28 bits per heavy atom. The van der Waals surface area contributed by atoms with Gasteiger partial charge in [-0.3, -0.25) is 19.6 Å². The van der Waals surface area contributed by atoms with Gasteiger partial charge < -0.3 is 10.1 Å². The third-order valence-electron chi connectivity index (χ3n) is 4.13. The number of carbonyl (C=O) groups excluding carboxylic acids is 1. The molecule has 1 heterocycles. The molecule has 8 nitrogen and oxygen atoms in total. The fourth-order valence-corrected chi connectivity index (χ4v) is 2.99. The molecule has 150 valence electrons. The number of benzene rings is 2. The number of aryl methyl sites for hydroxylation is 3. The van der Waals surface area contributed by atoms with E-state index in [0.29, 0.717) is 18.0 Å². The second-order valence-electron chi connectivity index (χ2n) is 6.56. The van der Waals surface area contributed by atoms with Crippen LogP contribution in [0.2, 0.25) is 0 Å². The fraction of sp³-hybridized carbons (Fsp3) is 0.200. The van der Waals surface area contributed by atoms with Crippen molar-refractivity contribution in [3.63, 3.8) is 0 Å². The van der Waals surface area contributed by atoms with E-state index < -0.39 is 4.92 Å². The zero-order chi connectivity index (χ0) is 21.0. The largest absolute Gasteiger partial charge is 0.457 e. The molecule has 1 aromatic heterocycles. The zero-order valence-electron chi connectivity index (χ0n) is 15.9. The molecule has 0 aliphatic rings. The maximum atomic E-state index is 12.3. The quantitative estimate of drug-likeness (QED) is 0.396. The van der Waals surface area contributed by atoms with Crippen LogP contribution in [-0.4, -0.2) is 20.6 Å². The standard InChI is InChI=1S/C20H19BrN4O4/c1-13-3-4-14(2)19(7-13)29-18-9-16(8-17(10-18)25(27)28)23-20(26)5-6-24-12-15(21)11-22-24/h3-4,7-12H,5-6H2,1-2H3,(H,23,26). The van der Waals surface area contributed by atoms with E-state index in [-0.39, 0.29) is 23.8 Å². The lowest BCUT2D eigenvalue weighted by Crippen LogP contribution is -2.14. The van der Waals surface area contributed by atoms with Crippen molar-refractivity contribution in [3.8, 4) is 11.5 Å². The molecule has 0 saturated carbocycles. The first kappa shape index (κ1) is 20.5. The maximum absolute atomic E-state index is 12.3. The monoisotopic (exact) mass is 458 g/mol. The number of nitro benzene ring substituents is 1. The molecular weight excluding hydrogens is 440 g/mol. The van der Waals surface area contributed by atoms with Gasteiger partial charge in [-0.05, 0) is 47.0 Å². The third kappa shape index (κ3) is 5.64. The Hall–Kier alpha value is -3.20. The van der Waals surface area contributed by atoms with Crippen molar-refractivity contribution in [2.75, 3.05) is 5.32 Å². The number of nitro groups is 1. The van der Waals surface area contributed by atoms with Gasteiger partial charge >= 0.3 is 0 Å². The maximum Gasteiger partial charge on any atom is 0.275 e. The van der Waals surface area contributed by atoms with E-state index in [1.165, 1.54) is 12.1 Å². The molecule has 9 heteroatoms. The number of ether oxygens (including phenoxy) is 1. The van der Waals surface area contributed by atoms with E-state index in [1.807, 2.05) is 32.0 Å². The van der Waals surface area contributed by atoms with Crippen LogP contribution in [0.1, 0.15) is 17.5 Å². The molecule has 1 N–H and O–H groups in total. The number of rotatable bonds is 7. The zero-order valence-corrected chi connectivity index (χ0v) is 17.5. The van der Waals surface area contributed by atoms with E-state index in [4.69, 9.17) is 4.74 Å². The predicted octanol–water partition coefficient (Wildman–Crippen LogP) is 4.99. The van der Waals surface area contributed by atoms with Crippen LogP contribution < -0.4 is 10.1 Å². The molecule has 0 saturated heterocycles. The topological polar surface area (TPSA) is 99.3 Å². The predicted molar refractivity (Wildman–Crippen MR) is 112 cm³/mol. The Balaban J connectivity index is 1.76. The summed E-state index contributed by atoms with van der Waals surface area (Å²) in [7, 11) is 0. The summed E-state index contributed by atoms with van der Waals surface area (Å²) in [5.41, 5.74) is 2.04. The second kappa shape index (κ2) is 8.87. The summed E-state index contributed by atoms with van der Waals surface area (Å²) < 4.78 is 8.32. The van der Waals surface area contributed by atoms with Crippen LogP contribution in [0.3, 0.4) is 0 Å². The van der Waals surface area contributed by atoms with E-state index in [1.54, 1.807) is 23.1 Å². The molecule has 0 aliphatic heterocycles. The highest BCUT2D eigenvalue weighted by Crippen LogP contribution is 2.31. The number of halogens is 1. The van der Waals surface area contributed by atoms with Gasteiger partial charge in [0.2, 0.25) is 5.91 Å². The molecule has 0 radical (unpaired) electrons. The van der Waals surface area contributed by atoms with Crippen LogP contribution >= 0.6 is 15.9 Å². The van der Waals surface area contributed by atoms with Gasteiger partial charge in [0, 0.05) is 31.3 Å². The van der Waals surface area contributed by atoms with Gasteiger partial charge in [0.1, 0.15) is 11.5 Å². The van der Waals surface area contributed by atoms with Crippen molar-refractivity contribution < 1.29 is 14.5 Å². The molecule has 3 rings (SSSR count). The van der Waals surface area contributed by atoms with Crippen LogP contribution in [0, 0.1) is 24.0 Å². The number of amides is 1. The van der Waals surface area contributed by atoms with Gasteiger partial charge in [0.05, 0.1) is 27.3 Å². The molecule has 0 bridgehead atoms. The average Bonchev–Trinajstić information content (AvgIpc) is 3.08. The number of non-ortho nitro benzene ring substituents is 1. The Kier molecular flexibility index (Phi) is 6.28. The lowest BCUT2D eigenvalue weighted by Gasteiger charge is -2.12. The number of hydrogen-bond acceptors (Lipinski definition) is 5. The SMILES string of the molecule is Cc1ccc(C)c(Oc2cc(NC(=O)CCn3cc(Br)cn3)cc([N+](=O)[O-])c2)c1. The fourth-order valence-electron chi connectivity index (χ4n) is 2.66. The van der Waals surface area contributed by atoms with Crippen molar-refractivity contribution >= 4 is 33.2 Å². The molecular formula is C20H19BrN4O4. The highest BCUT2D eigenvalue weighted by Gasteiger charge is 2.14. The van der Waals surface area contributed by atoms with Crippen LogP contribution in [0.4, 0.5) is 11.4 Å². The van der Waals surface area contributed by atoms with Crippen LogP contribution in [0.25, 0.3) is 0 Å². The molecule has 0 atom stereocenters. The lowest BCUT2D eigenvalue weighted by molar-refractivity contribution is -0.384. The average molecular weight is 459 g/mol. The van der Waals surface area contributed by atoms with E-state index in [2.05, 4.69) is 26.3 Å². The highest BCUT2D eigenvalue weighted by molar-refractivity contribution is 9.10. The van der Waals surface area contributed by atoms with Gasteiger partial charge in [-0.2, -0.15) is 5.10 Å². The van der Waals surface area contributed by atoms with Gasteiger partial charge in [0.15, 0.2) is 0 Å². The summed E-state index contributed by atoms with van der Waals surface area (Å²) in [4.78, 5) is 23.0. The van der Waals surface area contributed by atoms with Gasteiger partial charge in [-0.25, -0.2) is 0 Å². The molecule has 3 aromatic rings. The van der Waals surface area contributed by atoms with E-state index in [9.17, 15) is 14.9 Å². The summed E-state index contributed by atoms with van der Waals surface area (Å²) in [6.07, 6.45) is 3.57. The van der Waals surface area contributed by atoms with E-state index >= 15 is 0 Å². The van der Waals surface area contributed by atoms with Crippen LogP contribution in [-0.2, 0) is 11.3 Å². The Bertz CT molecular complexity index is 1060. The van der Waals surface area contributed by atoms with Crippen molar-refractivity contribution in [1.82, 2.24) is 9.78 Å². The van der Waals surface area contributed by atoms with Gasteiger partial charge in [-0.1, -0.05) is 12.1 Å². The van der Waals surface area contributed by atoms with E-state index in [0.717, 1.165) is 15.6 Å². The second-order valence-corrected chi connectivity index (χ2v) is 7.48. The summed E-state index contributed by atoms with van der Waals surface area (Å²) in [5.74, 6) is 0.598.